The molecule has 0 spiro atoms. The third-order valence-electron chi connectivity index (χ3n) is 5.31. The van der Waals surface area contributed by atoms with Gasteiger partial charge in [0.15, 0.2) is 0 Å². The topological polar surface area (TPSA) is 65.1 Å². The third kappa shape index (κ3) is 2.81. The molecule has 132 valence electrons. The van der Waals surface area contributed by atoms with Crippen LogP contribution >= 0.6 is 0 Å². The molecule has 0 bridgehead atoms. The van der Waals surface area contributed by atoms with E-state index in [-0.39, 0.29) is 5.91 Å². The highest BCUT2D eigenvalue weighted by Gasteiger charge is 2.29. The maximum Gasteiger partial charge on any atom is 0.274 e. The number of carbonyl (C=O) groups is 1. The molecule has 0 atom stereocenters. The lowest BCUT2D eigenvalue weighted by molar-refractivity contribution is 0.0740. The molecule has 2 aromatic heterocycles. The number of piperazine rings is 1. The number of H-pyrrole nitrogens is 1. The Labute approximate surface area is 151 Å². The van der Waals surface area contributed by atoms with Crippen LogP contribution < -0.4 is 4.90 Å². The van der Waals surface area contributed by atoms with Crippen LogP contribution in [0.1, 0.15) is 34.9 Å². The van der Waals surface area contributed by atoms with Crippen LogP contribution in [0.15, 0.2) is 42.5 Å². The highest BCUT2D eigenvalue weighted by Crippen LogP contribution is 2.39. The molecule has 1 saturated heterocycles. The van der Waals surface area contributed by atoms with E-state index in [1.165, 1.54) is 12.8 Å². The molecule has 1 aliphatic carbocycles. The number of anilines is 1. The lowest BCUT2D eigenvalue weighted by Gasteiger charge is -2.35. The summed E-state index contributed by atoms with van der Waals surface area (Å²) >= 11 is 0. The molecule has 5 rings (SSSR count). The van der Waals surface area contributed by atoms with Gasteiger partial charge in [-0.15, -0.1) is 0 Å². The number of amides is 1. The van der Waals surface area contributed by atoms with Gasteiger partial charge in [-0.3, -0.25) is 9.89 Å². The van der Waals surface area contributed by atoms with E-state index in [1.54, 1.807) is 0 Å². The van der Waals surface area contributed by atoms with E-state index in [4.69, 9.17) is 4.98 Å². The number of hydrogen-bond acceptors (Lipinski definition) is 4. The van der Waals surface area contributed by atoms with E-state index < -0.39 is 0 Å². The van der Waals surface area contributed by atoms with Gasteiger partial charge in [0.2, 0.25) is 0 Å². The minimum Gasteiger partial charge on any atom is -0.353 e. The Balaban J connectivity index is 1.26. The van der Waals surface area contributed by atoms with Gasteiger partial charge in [0.1, 0.15) is 11.5 Å². The fourth-order valence-electron chi connectivity index (χ4n) is 3.58. The zero-order valence-corrected chi connectivity index (χ0v) is 14.6. The Kier molecular flexibility index (Phi) is 3.62. The van der Waals surface area contributed by atoms with Crippen molar-refractivity contribution in [3.63, 3.8) is 0 Å². The Hall–Kier alpha value is -2.89. The summed E-state index contributed by atoms with van der Waals surface area (Å²) in [6.45, 7) is 2.96. The van der Waals surface area contributed by atoms with Gasteiger partial charge in [-0.2, -0.15) is 5.10 Å². The Morgan fingerprint density at radius 2 is 1.85 bits per heavy atom. The summed E-state index contributed by atoms with van der Waals surface area (Å²) in [6, 6.07) is 14.2. The third-order valence-corrected chi connectivity index (χ3v) is 5.31. The first-order chi connectivity index (χ1) is 12.8. The van der Waals surface area contributed by atoms with E-state index in [1.807, 2.05) is 29.2 Å². The number of para-hydroxylation sites is 1. The molecule has 3 heterocycles. The molecule has 26 heavy (non-hydrogen) atoms. The number of fused-ring (bicyclic) bond motifs is 1. The second-order valence-electron chi connectivity index (χ2n) is 7.12. The second-order valence-corrected chi connectivity index (χ2v) is 7.12. The maximum atomic E-state index is 12.7. The number of nitrogens with zero attached hydrogens (tertiary/aromatic N) is 4. The molecule has 2 fully saturated rings. The summed E-state index contributed by atoms with van der Waals surface area (Å²) < 4.78 is 0. The quantitative estimate of drug-likeness (QED) is 0.791. The molecular weight excluding hydrogens is 326 g/mol. The number of pyridine rings is 1. The number of carbonyl (C=O) groups excluding carboxylic acids is 1. The minimum absolute atomic E-state index is 0.0271. The van der Waals surface area contributed by atoms with E-state index >= 15 is 0 Å². The normalized spacial score (nSPS) is 17.7. The highest BCUT2D eigenvalue weighted by atomic mass is 16.2. The van der Waals surface area contributed by atoms with Crippen LogP contribution in [-0.2, 0) is 0 Å². The molecule has 1 N–H and O–H groups in total. The average molecular weight is 347 g/mol. The molecule has 0 unspecified atom stereocenters. The van der Waals surface area contributed by atoms with Crippen molar-refractivity contribution < 1.29 is 4.79 Å². The van der Waals surface area contributed by atoms with Crippen LogP contribution in [0.4, 0.5) is 5.82 Å². The van der Waals surface area contributed by atoms with E-state index in [2.05, 4.69) is 33.3 Å². The summed E-state index contributed by atoms with van der Waals surface area (Å²) in [7, 11) is 0. The zero-order chi connectivity index (χ0) is 17.5. The van der Waals surface area contributed by atoms with Crippen molar-refractivity contribution >= 4 is 22.6 Å². The van der Waals surface area contributed by atoms with Crippen molar-refractivity contribution in [3.8, 4) is 0 Å². The van der Waals surface area contributed by atoms with E-state index in [0.29, 0.717) is 24.7 Å². The van der Waals surface area contributed by atoms with Crippen LogP contribution in [0.5, 0.6) is 0 Å². The SMILES string of the molecule is O=C(c1cc(C2CC2)[nH]n1)N1CCN(c2ccc3ccccc3n2)CC1. The summed E-state index contributed by atoms with van der Waals surface area (Å²) in [6.07, 6.45) is 2.40. The van der Waals surface area contributed by atoms with E-state index in [0.717, 1.165) is 35.5 Å². The van der Waals surface area contributed by atoms with Crippen LogP contribution in [0.25, 0.3) is 10.9 Å². The number of benzene rings is 1. The van der Waals surface area contributed by atoms with Crippen LogP contribution in [0.2, 0.25) is 0 Å². The van der Waals surface area contributed by atoms with Gasteiger partial charge in [-0.25, -0.2) is 4.98 Å². The first-order valence-electron chi connectivity index (χ1n) is 9.23. The van der Waals surface area contributed by atoms with Crippen LogP contribution in [-0.4, -0.2) is 52.2 Å². The highest BCUT2D eigenvalue weighted by molar-refractivity contribution is 5.92. The fourth-order valence-corrected chi connectivity index (χ4v) is 3.58. The molecule has 1 aliphatic heterocycles. The average Bonchev–Trinajstić information content (AvgIpc) is 3.44. The van der Waals surface area contributed by atoms with Gasteiger partial charge in [-0.05, 0) is 37.1 Å². The van der Waals surface area contributed by atoms with Crippen LogP contribution in [0, 0.1) is 0 Å². The predicted octanol–water partition coefficient (Wildman–Crippen LogP) is 2.80. The molecule has 6 heteroatoms. The van der Waals surface area contributed by atoms with Crippen molar-refractivity contribution in [2.45, 2.75) is 18.8 Å². The number of aromatic nitrogens is 3. The number of nitrogens with one attached hydrogen (secondary N) is 1. The standard InChI is InChI=1S/C20H21N5O/c26-20(18-13-17(22-23-18)15-5-6-15)25-11-9-24(10-12-25)19-8-7-14-3-1-2-4-16(14)21-19/h1-4,7-8,13,15H,5-6,9-12H2,(H,22,23). The summed E-state index contributed by atoms with van der Waals surface area (Å²) in [5, 5.41) is 8.39. The predicted molar refractivity (Wildman–Crippen MR) is 100 cm³/mol. The van der Waals surface area contributed by atoms with Gasteiger partial charge >= 0.3 is 0 Å². The molecule has 1 saturated carbocycles. The van der Waals surface area contributed by atoms with Crippen molar-refractivity contribution in [2.24, 2.45) is 0 Å². The number of hydrogen-bond donors (Lipinski definition) is 1. The lowest BCUT2D eigenvalue weighted by atomic mass is 10.2. The van der Waals surface area contributed by atoms with Crippen molar-refractivity contribution in [1.82, 2.24) is 20.1 Å². The Morgan fingerprint density at radius 3 is 2.65 bits per heavy atom. The molecule has 0 radical (unpaired) electrons. The monoisotopic (exact) mass is 347 g/mol. The number of rotatable bonds is 3. The largest absolute Gasteiger partial charge is 0.353 e. The molecule has 2 aliphatic rings. The molecule has 6 nitrogen and oxygen atoms in total. The number of aromatic amines is 1. The summed E-state index contributed by atoms with van der Waals surface area (Å²) in [5.74, 6) is 1.59. The van der Waals surface area contributed by atoms with Crippen LogP contribution in [0.3, 0.4) is 0 Å². The summed E-state index contributed by atoms with van der Waals surface area (Å²) in [5.41, 5.74) is 2.66. The van der Waals surface area contributed by atoms with Gasteiger partial charge in [0.25, 0.3) is 5.91 Å². The second kappa shape index (κ2) is 6.12. The maximum absolute atomic E-state index is 12.7. The lowest BCUT2D eigenvalue weighted by Crippen LogP contribution is -2.49. The Bertz CT molecular complexity index is 953. The zero-order valence-electron chi connectivity index (χ0n) is 14.6. The van der Waals surface area contributed by atoms with Gasteiger partial charge in [-0.1, -0.05) is 18.2 Å². The fraction of sp³-hybridized carbons (Fsp3) is 0.350. The summed E-state index contributed by atoms with van der Waals surface area (Å²) in [4.78, 5) is 21.6. The Morgan fingerprint density at radius 1 is 1.04 bits per heavy atom. The van der Waals surface area contributed by atoms with E-state index in [9.17, 15) is 4.79 Å². The van der Waals surface area contributed by atoms with Crippen molar-refractivity contribution in [1.29, 1.82) is 0 Å². The molecule has 3 aromatic rings. The minimum atomic E-state index is 0.0271. The molecule has 1 aromatic carbocycles. The smallest absolute Gasteiger partial charge is 0.274 e. The first-order valence-corrected chi connectivity index (χ1v) is 9.23. The molecule has 1 amide bonds. The van der Waals surface area contributed by atoms with Gasteiger partial charge in [0, 0.05) is 43.2 Å². The van der Waals surface area contributed by atoms with Crippen molar-refractivity contribution in [3.05, 3.63) is 53.9 Å². The molecular formula is C20H21N5O. The van der Waals surface area contributed by atoms with Gasteiger partial charge in [0.05, 0.1) is 5.52 Å². The van der Waals surface area contributed by atoms with Gasteiger partial charge < -0.3 is 9.80 Å². The first kappa shape index (κ1) is 15.4. The van der Waals surface area contributed by atoms with Crippen molar-refractivity contribution in [2.75, 3.05) is 31.1 Å².